The number of aromatic nitrogens is 1. The van der Waals surface area contributed by atoms with Gasteiger partial charge in [-0.15, -0.1) is 0 Å². The Morgan fingerprint density at radius 1 is 1.28 bits per heavy atom. The summed E-state index contributed by atoms with van der Waals surface area (Å²) in [4.78, 5) is 30.3. The van der Waals surface area contributed by atoms with Gasteiger partial charge in [0.1, 0.15) is 6.04 Å². The van der Waals surface area contributed by atoms with Crippen LogP contribution < -0.4 is 16.8 Å². The van der Waals surface area contributed by atoms with Gasteiger partial charge in [0, 0.05) is 30.1 Å². The first kappa shape index (κ1) is 18.3. The Balaban J connectivity index is 1.84. The summed E-state index contributed by atoms with van der Waals surface area (Å²) >= 11 is 0. The molecule has 1 aromatic carbocycles. The van der Waals surface area contributed by atoms with Crippen molar-refractivity contribution in [3.8, 4) is 0 Å². The van der Waals surface area contributed by atoms with E-state index in [1.807, 2.05) is 30.5 Å². The highest BCUT2D eigenvalue weighted by atomic mass is 16.4. The van der Waals surface area contributed by atoms with Crippen molar-refractivity contribution in [2.24, 2.45) is 16.5 Å². The number of carboxylic acids is 1. The van der Waals surface area contributed by atoms with Crippen LogP contribution in [0, 0.1) is 0 Å². The van der Waals surface area contributed by atoms with Gasteiger partial charge >= 0.3 is 5.97 Å². The molecule has 0 unspecified atom stereocenters. The smallest absolute Gasteiger partial charge is 0.326 e. The number of aliphatic imine (C=N–C) groups is 1. The summed E-state index contributed by atoms with van der Waals surface area (Å²) in [7, 11) is 0. The van der Waals surface area contributed by atoms with Crippen molar-refractivity contribution in [1.29, 1.82) is 0 Å². The number of benzene rings is 1. The second-order valence-corrected chi connectivity index (χ2v) is 5.77. The summed E-state index contributed by atoms with van der Waals surface area (Å²) in [6.07, 6.45) is 3.38. The third kappa shape index (κ3) is 5.52. The number of carboxylic acid groups (broad SMARTS) is 1. The first-order valence-electron chi connectivity index (χ1n) is 8.10. The maximum absolute atomic E-state index is 12.1. The number of aromatic amines is 1. The number of rotatable bonds is 9. The van der Waals surface area contributed by atoms with Crippen molar-refractivity contribution in [2.45, 2.75) is 31.7 Å². The summed E-state index contributed by atoms with van der Waals surface area (Å²) < 4.78 is 0. The van der Waals surface area contributed by atoms with Crippen LogP contribution in [0.1, 0.15) is 24.8 Å². The number of hydrogen-bond donors (Lipinski definition) is 5. The summed E-state index contributed by atoms with van der Waals surface area (Å²) in [6.45, 7) is 0.331. The lowest BCUT2D eigenvalue weighted by molar-refractivity contribution is -0.142. The Bertz CT molecular complexity index is 764. The van der Waals surface area contributed by atoms with E-state index in [0.717, 1.165) is 16.5 Å². The monoisotopic (exact) mass is 345 g/mol. The number of fused-ring (bicyclic) bond motifs is 1. The van der Waals surface area contributed by atoms with Crippen molar-refractivity contribution >= 4 is 28.7 Å². The minimum atomic E-state index is -1.06. The molecule has 0 bridgehead atoms. The Hall–Kier alpha value is -3.03. The summed E-state index contributed by atoms with van der Waals surface area (Å²) in [5.74, 6) is -1.39. The van der Waals surface area contributed by atoms with E-state index in [4.69, 9.17) is 11.5 Å². The highest BCUT2D eigenvalue weighted by Crippen LogP contribution is 2.18. The van der Waals surface area contributed by atoms with Gasteiger partial charge in [-0.2, -0.15) is 0 Å². The van der Waals surface area contributed by atoms with Crippen LogP contribution in [0.4, 0.5) is 0 Å². The molecule has 7 N–H and O–H groups in total. The standard InChI is InChI=1S/C17H23N5O3/c18-17(19)20-9-3-6-14(16(24)25)22-15(23)8-7-11-10-21-13-5-2-1-4-12(11)13/h1-2,4-5,10,14,21H,3,6-9H2,(H,22,23)(H,24,25)(H4,18,19,20)/t14-/m1/s1. The molecule has 2 rings (SSSR count). The molecule has 8 heteroatoms. The van der Waals surface area contributed by atoms with Crippen LogP contribution in [-0.4, -0.2) is 40.5 Å². The van der Waals surface area contributed by atoms with Crippen molar-refractivity contribution in [3.63, 3.8) is 0 Å². The number of para-hydroxylation sites is 1. The fourth-order valence-electron chi connectivity index (χ4n) is 2.61. The molecule has 25 heavy (non-hydrogen) atoms. The van der Waals surface area contributed by atoms with E-state index in [1.165, 1.54) is 0 Å². The van der Waals surface area contributed by atoms with Gasteiger partial charge in [0.05, 0.1) is 0 Å². The molecule has 0 aliphatic carbocycles. The zero-order valence-electron chi connectivity index (χ0n) is 13.9. The number of hydrogen-bond acceptors (Lipinski definition) is 3. The number of carbonyl (C=O) groups excluding carboxylic acids is 1. The average Bonchev–Trinajstić information content (AvgIpc) is 2.98. The first-order valence-corrected chi connectivity index (χ1v) is 8.10. The van der Waals surface area contributed by atoms with Gasteiger partial charge in [-0.1, -0.05) is 18.2 Å². The number of H-pyrrole nitrogens is 1. The minimum absolute atomic E-state index is 0.0327. The fraction of sp³-hybridized carbons (Fsp3) is 0.353. The van der Waals surface area contributed by atoms with E-state index in [2.05, 4.69) is 15.3 Å². The van der Waals surface area contributed by atoms with Gasteiger partial charge in [-0.25, -0.2) is 4.79 Å². The SMILES string of the molecule is NC(N)=NCCC[C@@H](NC(=O)CCc1c[nH]c2ccccc12)C(=O)O. The van der Waals surface area contributed by atoms with Crippen LogP contribution >= 0.6 is 0 Å². The number of amides is 1. The molecule has 0 radical (unpaired) electrons. The van der Waals surface area contributed by atoms with E-state index in [0.29, 0.717) is 19.4 Å². The van der Waals surface area contributed by atoms with Gasteiger partial charge in [-0.05, 0) is 30.9 Å². The van der Waals surface area contributed by atoms with Crippen molar-refractivity contribution in [3.05, 3.63) is 36.0 Å². The lowest BCUT2D eigenvalue weighted by Gasteiger charge is -2.14. The predicted octanol–water partition coefficient (Wildman–Crippen LogP) is 0.724. The highest BCUT2D eigenvalue weighted by Gasteiger charge is 2.19. The number of aryl methyl sites for hydroxylation is 1. The number of guanidine groups is 1. The molecule has 0 spiro atoms. The molecule has 8 nitrogen and oxygen atoms in total. The Labute approximate surface area is 145 Å². The van der Waals surface area contributed by atoms with E-state index in [-0.39, 0.29) is 24.7 Å². The number of nitrogens with zero attached hydrogens (tertiary/aromatic N) is 1. The van der Waals surface area contributed by atoms with Crippen LogP contribution in [0.3, 0.4) is 0 Å². The van der Waals surface area contributed by atoms with Crippen molar-refractivity contribution < 1.29 is 14.7 Å². The van der Waals surface area contributed by atoms with Crippen LogP contribution in [0.2, 0.25) is 0 Å². The molecular formula is C17H23N5O3. The van der Waals surface area contributed by atoms with Crippen molar-refractivity contribution in [2.75, 3.05) is 6.54 Å². The van der Waals surface area contributed by atoms with E-state index >= 15 is 0 Å². The zero-order chi connectivity index (χ0) is 18.2. The molecular weight excluding hydrogens is 322 g/mol. The van der Waals surface area contributed by atoms with Gasteiger partial charge in [0.15, 0.2) is 5.96 Å². The fourth-order valence-corrected chi connectivity index (χ4v) is 2.61. The molecule has 1 aromatic heterocycles. The second kappa shape index (κ2) is 8.72. The highest BCUT2D eigenvalue weighted by molar-refractivity contribution is 5.86. The molecule has 1 amide bonds. The van der Waals surface area contributed by atoms with Gasteiger partial charge < -0.3 is 26.9 Å². The number of nitrogens with one attached hydrogen (secondary N) is 2. The lowest BCUT2D eigenvalue weighted by atomic mass is 10.1. The van der Waals surface area contributed by atoms with Crippen LogP contribution in [0.25, 0.3) is 10.9 Å². The maximum Gasteiger partial charge on any atom is 0.326 e. The molecule has 0 fully saturated rings. The largest absolute Gasteiger partial charge is 0.480 e. The van der Waals surface area contributed by atoms with Crippen LogP contribution in [-0.2, 0) is 16.0 Å². The number of aliphatic carboxylic acids is 1. The molecule has 0 aliphatic heterocycles. The van der Waals surface area contributed by atoms with E-state index in [1.54, 1.807) is 0 Å². The lowest BCUT2D eigenvalue weighted by Crippen LogP contribution is -2.41. The molecule has 0 saturated heterocycles. The molecule has 2 aromatic rings. The average molecular weight is 345 g/mol. The molecule has 1 heterocycles. The Morgan fingerprint density at radius 3 is 2.76 bits per heavy atom. The predicted molar refractivity (Wildman–Crippen MR) is 96.1 cm³/mol. The zero-order valence-corrected chi connectivity index (χ0v) is 13.9. The van der Waals surface area contributed by atoms with Gasteiger partial charge in [0.2, 0.25) is 5.91 Å². The third-order valence-electron chi connectivity index (χ3n) is 3.87. The van der Waals surface area contributed by atoms with Crippen LogP contribution in [0.15, 0.2) is 35.5 Å². The topological polar surface area (TPSA) is 147 Å². The summed E-state index contributed by atoms with van der Waals surface area (Å²) in [6, 6.07) is 6.90. The van der Waals surface area contributed by atoms with Gasteiger partial charge in [0.25, 0.3) is 0 Å². The quantitative estimate of drug-likeness (QED) is 0.258. The number of carbonyl (C=O) groups is 2. The summed E-state index contributed by atoms with van der Waals surface area (Å²) in [5.41, 5.74) is 12.5. The number of nitrogens with two attached hydrogens (primary N) is 2. The van der Waals surface area contributed by atoms with Crippen LogP contribution in [0.5, 0.6) is 0 Å². The molecule has 134 valence electrons. The maximum atomic E-state index is 12.1. The van der Waals surface area contributed by atoms with E-state index in [9.17, 15) is 14.7 Å². The third-order valence-corrected chi connectivity index (χ3v) is 3.87. The Morgan fingerprint density at radius 2 is 2.04 bits per heavy atom. The minimum Gasteiger partial charge on any atom is -0.480 e. The summed E-state index contributed by atoms with van der Waals surface area (Å²) in [5, 5.41) is 12.8. The molecule has 1 atom stereocenters. The Kier molecular flexibility index (Phi) is 6.39. The van der Waals surface area contributed by atoms with Gasteiger partial charge in [-0.3, -0.25) is 9.79 Å². The molecule has 0 aliphatic rings. The van der Waals surface area contributed by atoms with Crippen molar-refractivity contribution in [1.82, 2.24) is 10.3 Å². The molecule has 0 saturated carbocycles. The van der Waals surface area contributed by atoms with E-state index < -0.39 is 12.0 Å². The first-order chi connectivity index (χ1) is 12.0. The normalized spacial score (nSPS) is 11.8. The second-order valence-electron chi connectivity index (χ2n) is 5.77.